The molecule has 1 atom stereocenters. The summed E-state index contributed by atoms with van der Waals surface area (Å²) in [6.07, 6.45) is 1.79. The molecule has 1 saturated heterocycles. The number of benzene rings is 3. The van der Waals surface area contributed by atoms with Crippen molar-refractivity contribution in [2.24, 2.45) is 0 Å². The molecule has 0 radical (unpaired) electrons. The zero-order chi connectivity index (χ0) is 23.4. The third kappa shape index (κ3) is 2.97. The predicted molar refractivity (Wildman–Crippen MR) is 127 cm³/mol. The van der Waals surface area contributed by atoms with Crippen molar-refractivity contribution in [1.82, 2.24) is 4.98 Å². The molecular formula is C27H20N2O5. The van der Waals surface area contributed by atoms with E-state index < -0.39 is 17.7 Å². The first-order valence-corrected chi connectivity index (χ1v) is 10.9. The maximum Gasteiger partial charge on any atom is 0.300 e. The number of fused-ring (bicyclic) bond motifs is 2. The summed E-state index contributed by atoms with van der Waals surface area (Å²) in [5.74, 6) is -0.664. The SMILES string of the molecule is Cc1cccc(N2C(=O)C(=O)/C(=C(/O)c3ccc4c(c3)OCO4)C2c2c[nH]c3ccccc23)c1. The number of aromatic amines is 1. The van der Waals surface area contributed by atoms with Gasteiger partial charge in [0.05, 0.1) is 11.6 Å². The molecule has 0 bridgehead atoms. The number of carbonyl (C=O) groups is 2. The van der Waals surface area contributed by atoms with E-state index in [1.807, 2.05) is 49.4 Å². The van der Waals surface area contributed by atoms with Crippen LogP contribution in [0.2, 0.25) is 0 Å². The quantitative estimate of drug-likeness (QED) is 0.264. The lowest BCUT2D eigenvalue weighted by atomic mass is 9.94. The van der Waals surface area contributed by atoms with Crippen LogP contribution in [0.5, 0.6) is 11.5 Å². The molecule has 0 saturated carbocycles. The number of hydrogen-bond acceptors (Lipinski definition) is 5. The van der Waals surface area contributed by atoms with Gasteiger partial charge < -0.3 is 19.6 Å². The normalized spacial score (nSPS) is 18.7. The number of aromatic nitrogens is 1. The third-order valence-corrected chi connectivity index (χ3v) is 6.29. The first-order valence-electron chi connectivity index (χ1n) is 10.9. The van der Waals surface area contributed by atoms with Gasteiger partial charge in [-0.25, -0.2) is 0 Å². The molecule has 0 spiro atoms. The van der Waals surface area contributed by atoms with E-state index in [9.17, 15) is 14.7 Å². The smallest absolute Gasteiger partial charge is 0.300 e. The van der Waals surface area contributed by atoms with E-state index in [4.69, 9.17) is 9.47 Å². The molecule has 1 amide bonds. The Morgan fingerprint density at radius 1 is 1.00 bits per heavy atom. The number of para-hydroxylation sites is 1. The van der Waals surface area contributed by atoms with Crippen LogP contribution in [-0.4, -0.2) is 28.6 Å². The second-order valence-electron chi connectivity index (χ2n) is 8.37. The van der Waals surface area contributed by atoms with Crippen molar-refractivity contribution in [3.8, 4) is 11.5 Å². The summed E-state index contributed by atoms with van der Waals surface area (Å²) in [6, 6.07) is 19.2. The molecule has 1 fully saturated rings. The first-order chi connectivity index (χ1) is 16.5. The molecule has 0 aliphatic carbocycles. The number of nitrogens with one attached hydrogen (secondary N) is 1. The van der Waals surface area contributed by atoms with Crippen molar-refractivity contribution in [1.29, 1.82) is 0 Å². The number of amides is 1. The summed E-state index contributed by atoms with van der Waals surface area (Å²) in [7, 11) is 0. The lowest BCUT2D eigenvalue weighted by Gasteiger charge is -2.25. The highest BCUT2D eigenvalue weighted by atomic mass is 16.7. The van der Waals surface area contributed by atoms with E-state index in [-0.39, 0.29) is 18.1 Å². The Labute approximate surface area is 194 Å². The van der Waals surface area contributed by atoms with Gasteiger partial charge in [-0.1, -0.05) is 30.3 Å². The number of nitrogens with zero attached hydrogens (tertiary/aromatic N) is 1. The van der Waals surface area contributed by atoms with Crippen molar-refractivity contribution in [3.05, 3.63) is 95.2 Å². The minimum absolute atomic E-state index is 0.0233. The second kappa shape index (κ2) is 7.52. The maximum atomic E-state index is 13.4. The lowest BCUT2D eigenvalue weighted by Crippen LogP contribution is -2.29. The predicted octanol–water partition coefficient (Wildman–Crippen LogP) is 4.83. The van der Waals surface area contributed by atoms with Gasteiger partial charge in [0.25, 0.3) is 11.7 Å². The average molecular weight is 452 g/mol. The van der Waals surface area contributed by atoms with Gasteiger partial charge in [0.1, 0.15) is 5.76 Å². The van der Waals surface area contributed by atoms with Crippen molar-refractivity contribution < 1.29 is 24.2 Å². The van der Waals surface area contributed by atoms with Crippen LogP contribution in [0, 0.1) is 6.92 Å². The van der Waals surface area contributed by atoms with Gasteiger partial charge in [0.2, 0.25) is 6.79 Å². The summed E-state index contributed by atoms with van der Waals surface area (Å²) in [5, 5.41) is 12.2. The molecule has 1 unspecified atom stereocenters. The summed E-state index contributed by atoms with van der Waals surface area (Å²) in [6.45, 7) is 2.01. The van der Waals surface area contributed by atoms with Gasteiger partial charge in [0.15, 0.2) is 11.5 Å². The number of aryl methyl sites for hydroxylation is 1. The van der Waals surface area contributed by atoms with Gasteiger partial charge >= 0.3 is 0 Å². The van der Waals surface area contributed by atoms with Crippen LogP contribution in [0.4, 0.5) is 5.69 Å². The Balaban J connectivity index is 1.60. The van der Waals surface area contributed by atoms with E-state index in [0.29, 0.717) is 22.7 Å². The van der Waals surface area contributed by atoms with Crippen LogP contribution in [0.25, 0.3) is 16.7 Å². The van der Waals surface area contributed by atoms with E-state index >= 15 is 0 Å². The number of ether oxygens (including phenoxy) is 2. The number of Topliss-reactive ketones (excluding diaryl/α,β-unsaturated/α-hetero) is 1. The maximum absolute atomic E-state index is 13.4. The summed E-state index contributed by atoms with van der Waals surface area (Å²) < 4.78 is 10.8. The van der Waals surface area contributed by atoms with Crippen molar-refractivity contribution >= 4 is 34.0 Å². The largest absolute Gasteiger partial charge is 0.507 e. The van der Waals surface area contributed by atoms with Crippen LogP contribution < -0.4 is 14.4 Å². The molecule has 3 heterocycles. The number of aliphatic hydroxyl groups excluding tert-OH is 1. The van der Waals surface area contributed by atoms with Crippen LogP contribution in [0.15, 0.2) is 78.5 Å². The molecule has 2 N–H and O–H groups in total. The molecule has 2 aliphatic rings. The number of carbonyl (C=O) groups excluding carboxylic acids is 2. The van der Waals surface area contributed by atoms with Gasteiger partial charge in [-0.15, -0.1) is 0 Å². The van der Waals surface area contributed by atoms with Crippen molar-refractivity contribution in [3.63, 3.8) is 0 Å². The molecular weight excluding hydrogens is 432 g/mol. The topological polar surface area (TPSA) is 91.9 Å². The van der Waals surface area contributed by atoms with E-state index in [1.165, 1.54) is 4.90 Å². The second-order valence-corrected chi connectivity index (χ2v) is 8.37. The third-order valence-electron chi connectivity index (χ3n) is 6.29. The fraction of sp³-hybridized carbons (Fsp3) is 0.111. The van der Waals surface area contributed by atoms with Gasteiger partial charge in [-0.3, -0.25) is 14.5 Å². The fourth-order valence-corrected chi connectivity index (χ4v) is 4.69. The molecule has 7 heteroatoms. The van der Waals surface area contributed by atoms with Gasteiger partial charge in [-0.2, -0.15) is 0 Å². The van der Waals surface area contributed by atoms with E-state index in [0.717, 1.165) is 22.0 Å². The van der Waals surface area contributed by atoms with Gasteiger partial charge in [-0.05, 0) is 48.9 Å². The van der Waals surface area contributed by atoms with Crippen molar-refractivity contribution in [2.45, 2.75) is 13.0 Å². The first kappa shape index (κ1) is 20.1. The molecule has 168 valence electrons. The molecule has 2 aliphatic heterocycles. The van der Waals surface area contributed by atoms with Crippen LogP contribution in [0.1, 0.15) is 22.7 Å². The Bertz CT molecular complexity index is 1520. The monoisotopic (exact) mass is 452 g/mol. The Hall–Kier alpha value is -4.52. The Morgan fingerprint density at radius 2 is 1.82 bits per heavy atom. The molecule has 3 aromatic carbocycles. The zero-order valence-corrected chi connectivity index (χ0v) is 18.2. The molecule has 4 aromatic rings. The standard InChI is InChI=1S/C27H20N2O5/c1-15-5-4-6-17(11-15)29-24(19-13-28-20-8-3-2-7-18(19)20)23(26(31)27(29)32)25(30)16-9-10-21-22(12-16)34-14-33-21/h2-13,24,28,30H,14H2,1H3/b25-23+. The Morgan fingerprint density at radius 3 is 2.68 bits per heavy atom. The highest BCUT2D eigenvalue weighted by molar-refractivity contribution is 6.51. The summed E-state index contributed by atoms with van der Waals surface area (Å²) in [4.78, 5) is 31.4. The minimum Gasteiger partial charge on any atom is -0.507 e. The van der Waals surface area contributed by atoms with Crippen LogP contribution >= 0.6 is 0 Å². The molecule has 1 aromatic heterocycles. The molecule has 7 nitrogen and oxygen atoms in total. The molecule has 34 heavy (non-hydrogen) atoms. The Kier molecular flexibility index (Phi) is 4.45. The fourth-order valence-electron chi connectivity index (χ4n) is 4.69. The average Bonchev–Trinajstić information content (AvgIpc) is 3.55. The minimum atomic E-state index is -0.816. The number of ketones is 1. The van der Waals surface area contributed by atoms with Crippen molar-refractivity contribution in [2.75, 3.05) is 11.7 Å². The summed E-state index contributed by atoms with van der Waals surface area (Å²) >= 11 is 0. The van der Waals surface area contributed by atoms with Crippen LogP contribution in [0.3, 0.4) is 0 Å². The number of hydrogen-bond donors (Lipinski definition) is 2. The van der Waals surface area contributed by atoms with E-state index in [1.54, 1.807) is 30.5 Å². The zero-order valence-electron chi connectivity index (χ0n) is 18.2. The molecule has 6 rings (SSSR count). The highest BCUT2D eigenvalue weighted by Crippen LogP contribution is 2.45. The number of H-pyrrole nitrogens is 1. The van der Waals surface area contributed by atoms with Crippen LogP contribution in [-0.2, 0) is 9.59 Å². The number of anilines is 1. The lowest BCUT2D eigenvalue weighted by molar-refractivity contribution is -0.132. The highest BCUT2D eigenvalue weighted by Gasteiger charge is 2.47. The summed E-state index contributed by atoms with van der Waals surface area (Å²) in [5.41, 5.74) is 3.52. The van der Waals surface area contributed by atoms with E-state index in [2.05, 4.69) is 4.98 Å². The number of aliphatic hydroxyl groups is 1. The van der Waals surface area contributed by atoms with Gasteiger partial charge in [0, 0.05) is 33.9 Å². The number of rotatable bonds is 3.